The van der Waals surface area contributed by atoms with Gasteiger partial charge >= 0.3 is 0 Å². The van der Waals surface area contributed by atoms with Crippen LogP contribution in [0.25, 0.3) is 5.57 Å². The number of Topliss-reactive ketones (excluding diaryl/α,β-unsaturated/α-hetero) is 2. The Balaban J connectivity index is 1.53. The first-order valence-corrected chi connectivity index (χ1v) is 12.1. The van der Waals surface area contributed by atoms with Crippen LogP contribution in [0.4, 0.5) is 0 Å². The average Bonchev–Trinajstić information content (AvgIpc) is 3.31. The zero-order valence-corrected chi connectivity index (χ0v) is 21.0. The van der Waals surface area contributed by atoms with Crippen LogP contribution in [0.15, 0.2) is 30.3 Å². The van der Waals surface area contributed by atoms with E-state index in [1.54, 1.807) is 32.3 Å². The van der Waals surface area contributed by atoms with Crippen molar-refractivity contribution >= 4 is 34.4 Å². The Morgan fingerprint density at radius 2 is 1.62 bits per heavy atom. The number of aryl methyl sites for hydroxylation is 1. The third-order valence-electron chi connectivity index (χ3n) is 5.86. The molecule has 8 heteroatoms. The van der Waals surface area contributed by atoms with Crippen molar-refractivity contribution in [3.05, 3.63) is 45.7 Å². The number of methoxy groups -OCH3 is 3. The lowest BCUT2D eigenvalue weighted by Gasteiger charge is -2.28. The van der Waals surface area contributed by atoms with Crippen LogP contribution < -0.4 is 14.2 Å². The van der Waals surface area contributed by atoms with Crippen molar-refractivity contribution in [2.24, 2.45) is 0 Å². The van der Waals surface area contributed by atoms with Gasteiger partial charge in [0.05, 0.1) is 31.8 Å². The van der Waals surface area contributed by atoms with Crippen molar-refractivity contribution in [2.45, 2.75) is 39.0 Å². The maximum atomic E-state index is 12.7. The minimum absolute atomic E-state index is 0.0177. The van der Waals surface area contributed by atoms with Gasteiger partial charge in [-0.3, -0.25) is 14.4 Å². The van der Waals surface area contributed by atoms with E-state index < -0.39 is 0 Å². The topological polar surface area (TPSA) is 82.1 Å². The summed E-state index contributed by atoms with van der Waals surface area (Å²) in [6.45, 7) is 2.95. The lowest BCUT2D eigenvalue weighted by Crippen LogP contribution is -2.34. The van der Waals surface area contributed by atoms with Crippen LogP contribution in [0.3, 0.4) is 0 Å². The molecular formula is C26H31NO6S. The number of benzene rings is 1. The first-order chi connectivity index (χ1) is 16.4. The Bertz CT molecular complexity index is 1060. The summed E-state index contributed by atoms with van der Waals surface area (Å²) in [7, 11) is 4.79. The fourth-order valence-corrected chi connectivity index (χ4v) is 4.77. The SMILES string of the molecule is COc1cc(OC)c(C2=CCN(C(=O)CCC(=O)CCC(=O)c3ccc(C)s3)CC2)c(OC)c1. The molecule has 0 atom stereocenters. The quantitative estimate of drug-likeness (QED) is 0.429. The number of amides is 1. The van der Waals surface area contributed by atoms with Gasteiger partial charge in [-0.15, -0.1) is 11.3 Å². The fraction of sp³-hybridized carbons (Fsp3) is 0.423. The van der Waals surface area contributed by atoms with E-state index in [4.69, 9.17) is 14.2 Å². The molecule has 0 spiro atoms. The Labute approximate surface area is 204 Å². The summed E-state index contributed by atoms with van der Waals surface area (Å²) in [6.07, 6.45) is 3.32. The molecule has 2 heterocycles. The second-order valence-corrected chi connectivity index (χ2v) is 9.39. The zero-order chi connectivity index (χ0) is 24.7. The summed E-state index contributed by atoms with van der Waals surface area (Å²) in [6, 6.07) is 7.32. The molecule has 34 heavy (non-hydrogen) atoms. The summed E-state index contributed by atoms with van der Waals surface area (Å²) < 4.78 is 16.4. The summed E-state index contributed by atoms with van der Waals surface area (Å²) in [5, 5.41) is 0. The van der Waals surface area contributed by atoms with E-state index in [2.05, 4.69) is 0 Å². The molecule has 2 aromatic rings. The lowest BCUT2D eigenvalue weighted by molar-refractivity contribution is -0.132. The van der Waals surface area contributed by atoms with Crippen molar-refractivity contribution in [3.63, 3.8) is 0 Å². The molecule has 1 amide bonds. The van der Waals surface area contributed by atoms with Gasteiger partial charge < -0.3 is 19.1 Å². The zero-order valence-electron chi connectivity index (χ0n) is 20.1. The highest BCUT2D eigenvalue weighted by atomic mass is 32.1. The number of thiophene rings is 1. The van der Waals surface area contributed by atoms with Crippen molar-refractivity contribution in [1.82, 2.24) is 4.90 Å². The van der Waals surface area contributed by atoms with Crippen molar-refractivity contribution < 1.29 is 28.6 Å². The van der Waals surface area contributed by atoms with Gasteiger partial charge in [-0.2, -0.15) is 0 Å². The molecule has 1 aromatic carbocycles. The number of carbonyl (C=O) groups is 3. The van der Waals surface area contributed by atoms with Gasteiger partial charge in [0.15, 0.2) is 5.78 Å². The van der Waals surface area contributed by atoms with Crippen LogP contribution in [-0.2, 0) is 9.59 Å². The third-order valence-corrected chi connectivity index (χ3v) is 6.90. The van der Waals surface area contributed by atoms with Crippen LogP contribution in [-0.4, -0.2) is 56.8 Å². The van der Waals surface area contributed by atoms with Gasteiger partial charge in [0.25, 0.3) is 0 Å². The van der Waals surface area contributed by atoms with Crippen LogP contribution in [0, 0.1) is 6.92 Å². The van der Waals surface area contributed by atoms with E-state index in [0.29, 0.717) is 41.6 Å². The number of carbonyl (C=O) groups excluding carboxylic acids is 3. The largest absolute Gasteiger partial charge is 0.496 e. The lowest BCUT2D eigenvalue weighted by atomic mass is 9.97. The molecule has 3 rings (SSSR count). The predicted molar refractivity (Wildman–Crippen MR) is 132 cm³/mol. The molecule has 0 radical (unpaired) electrons. The minimum Gasteiger partial charge on any atom is -0.496 e. The highest BCUT2D eigenvalue weighted by molar-refractivity contribution is 7.14. The second kappa shape index (κ2) is 11.8. The number of hydrogen-bond donors (Lipinski definition) is 0. The third kappa shape index (κ3) is 6.26. The van der Waals surface area contributed by atoms with E-state index in [1.165, 1.54) is 11.3 Å². The molecule has 0 saturated heterocycles. The van der Waals surface area contributed by atoms with Gasteiger partial charge in [-0.25, -0.2) is 0 Å². The van der Waals surface area contributed by atoms with E-state index in [-0.39, 0.29) is 43.2 Å². The normalized spacial score (nSPS) is 13.3. The molecule has 7 nitrogen and oxygen atoms in total. The number of hydrogen-bond acceptors (Lipinski definition) is 7. The van der Waals surface area contributed by atoms with Crippen LogP contribution in [0.2, 0.25) is 0 Å². The molecular weight excluding hydrogens is 454 g/mol. The Morgan fingerprint density at radius 3 is 2.15 bits per heavy atom. The van der Waals surface area contributed by atoms with Gasteiger partial charge in [-0.1, -0.05) is 6.08 Å². The average molecular weight is 486 g/mol. The van der Waals surface area contributed by atoms with Crippen LogP contribution in [0.1, 0.15) is 52.2 Å². The number of nitrogens with zero attached hydrogens (tertiary/aromatic N) is 1. The molecule has 1 aliphatic heterocycles. The van der Waals surface area contributed by atoms with Crippen molar-refractivity contribution in [3.8, 4) is 17.2 Å². The number of ether oxygens (including phenoxy) is 3. The van der Waals surface area contributed by atoms with Crippen LogP contribution in [0.5, 0.6) is 17.2 Å². The molecule has 0 aliphatic carbocycles. The molecule has 0 bridgehead atoms. The highest BCUT2D eigenvalue weighted by Crippen LogP contribution is 2.40. The van der Waals surface area contributed by atoms with Crippen LogP contribution >= 0.6 is 11.3 Å². The predicted octanol–water partition coefficient (Wildman–Crippen LogP) is 4.71. The standard InChI is InChI=1S/C26H31NO6S/c1-17-5-9-24(34-17)21(29)8-6-19(28)7-10-25(30)27-13-11-18(12-14-27)26-22(32-3)15-20(31-2)16-23(26)33-4/h5,9,11,15-16H,6-8,10,12-14H2,1-4H3. The summed E-state index contributed by atoms with van der Waals surface area (Å²) >= 11 is 1.44. The van der Waals surface area contributed by atoms with Crippen molar-refractivity contribution in [2.75, 3.05) is 34.4 Å². The van der Waals surface area contributed by atoms with Crippen molar-refractivity contribution in [1.29, 1.82) is 0 Å². The van der Waals surface area contributed by atoms with E-state index >= 15 is 0 Å². The first kappa shape index (κ1) is 25.5. The number of ketones is 2. The Kier molecular flexibility index (Phi) is 8.87. The fourth-order valence-electron chi connectivity index (χ4n) is 3.93. The maximum absolute atomic E-state index is 12.7. The number of rotatable bonds is 11. The van der Waals surface area contributed by atoms with E-state index in [9.17, 15) is 14.4 Å². The summed E-state index contributed by atoms with van der Waals surface area (Å²) in [5.74, 6) is 1.81. The maximum Gasteiger partial charge on any atom is 0.223 e. The van der Waals surface area contributed by atoms with Gasteiger partial charge in [-0.05, 0) is 31.1 Å². The Morgan fingerprint density at radius 1 is 0.941 bits per heavy atom. The minimum atomic E-state index is -0.0593. The molecule has 0 unspecified atom stereocenters. The molecule has 0 N–H and O–H groups in total. The monoisotopic (exact) mass is 485 g/mol. The van der Waals surface area contributed by atoms with Gasteiger partial charge in [0, 0.05) is 55.8 Å². The van der Waals surface area contributed by atoms with E-state index in [0.717, 1.165) is 16.0 Å². The molecule has 182 valence electrons. The second-order valence-electron chi connectivity index (χ2n) is 8.10. The summed E-state index contributed by atoms with van der Waals surface area (Å²) in [4.78, 5) is 40.6. The highest BCUT2D eigenvalue weighted by Gasteiger charge is 2.23. The summed E-state index contributed by atoms with van der Waals surface area (Å²) in [5.41, 5.74) is 1.90. The molecule has 1 aromatic heterocycles. The molecule has 0 fully saturated rings. The van der Waals surface area contributed by atoms with Gasteiger partial charge in [0.1, 0.15) is 23.0 Å². The van der Waals surface area contributed by atoms with E-state index in [1.807, 2.05) is 31.2 Å². The first-order valence-electron chi connectivity index (χ1n) is 11.2. The molecule has 0 saturated carbocycles. The smallest absolute Gasteiger partial charge is 0.223 e. The Hall–Kier alpha value is -3.13. The molecule has 1 aliphatic rings. The van der Waals surface area contributed by atoms with Gasteiger partial charge in [0.2, 0.25) is 5.91 Å².